The summed E-state index contributed by atoms with van der Waals surface area (Å²) in [6.07, 6.45) is 3.88. The van der Waals surface area contributed by atoms with Gasteiger partial charge in [0.25, 0.3) is 5.91 Å². The van der Waals surface area contributed by atoms with Crippen molar-refractivity contribution in [2.24, 2.45) is 0 Å². The molecule has 1 saturated heterocycles. The molecule has 1 aliphatic heterocycles. The van der Waals surface area contributed by atoms with Gasteiger partial charge in [-0.2, -0.15) is 0 Å². The van der Waals surface area contributed by atoms with Gasteiger partial charge in [0.15, 0.2) is 6.61 Å². The first-order valence-electron chi connectivity index (χ1n) is 10.1. The molecule has 30 heavy (non-hydrogen) atoms. The molecular formula is C22H27N3O5. The molecule has 0 radical (unpaired) electrons. The summed E-state index contributed by atoms with van der Waals surface area (Å²) in [5.74, 6) is 0.141. The van der Waals surface area contributed by atoms with Gasteiger partial charge in [0.1, 0.15) is 5.75 Å². The van der Waals surface area contributed by atoms with Crippen molar-refractivity contribution < 1.29 is 19.2 Å². The van der Waals surface area contributed by atoms with E-state index in [0.717, 1.165) is 12.1 Å². The molecule has 0 saturated carbocycles. The topological polar surface area (TPSA) is 93.9 Å². The Bertz CT molecular complexity index is 864. The molecule has 0 aromatic heterocycles. The quantitative estimate of drug-likeness (QED) is 0.501. The Morgan fingerprint density at radius 2 is 1.80 bits per heavy atom. The fraction of sp³-hybridized carbons (Fsp3) is 0.409. The van der Waals surface area contributed by atoms with Crippen molar-refractivity contribution >= 4 is 11.6 Å². The number of nitrogens with one attached hydrogen (secondary N) is 1. The Kier molecular flexibility index (Phi) is 7.62. The van der Waals surface area contributed by atoms with E-state index in [1.54, 1.807) is 0 Å². The zero-order valence-corrected chi connectivity index (χ0v) is 17.1. The van der Waals surface area contributed by atoms with Crippen LogP contribution in [0.3, 0.4) is 0 Å². The van der Waals surface area contributed by atoms with Gasteiger partial charge >= 0.3 is 5.69 Å². The fourth-order valence-electron chi connectivity index (χ4n) is 3.44. The highest BCUT2D eigenvalue weighted by molar-refractivity contribution is 5.77. The average molecular weight is 413 g/mol. The van der Waals surface area contributed by atoms with Crippen LogP contribution in [-0.4, -0.2) is 42.5 Å². The van der Waals surface area contributed by atoms with E-state index in [-0.39, 0.29) is 24.0 Å². The lowest BCUT2D eigenvalue weighted by Gasteiger charge is -2.26. The van der Waals surface area contributed by atoms with Crippen LogP contribution in [0.25, 0.3) is 0 Å². The third kappa shape index (κ3) is 6.18. The van der Waals surface area contributed by atoms with Crippen molar-refractivity contribution in [1.82, 2.24) is 10.2 Å². The third-order valence-electron chi connectivity index (χ3n) is 5.09. The lowest BCUT2D eigenvalue weighted by Crippen LogP contribution is -2.29. The second-order valence-corrected chi connectivity index (χ2v) is 7.31. The molecular weight excluding hydrogens is 386 g/mol. The molecule has 8 nitrogen and oxygen atoms in total. The molecule has 0 spiro atoms. The number of rotatable bonds is 9. The largest absolute Gasteiger partial charge is 0.490 e. The van der Waals surface area contributed by atoms with Gasteiger partial charge in [-0.25, -0.2) is 0 Å². The minimum absolute atomic E-state index is 0.0857. The van der Waals surface area contributed by atoms with Crippen LogP contribution >= 0.6 is 0 Å². The Hall–Kier alpha value is -3.13. The second-order valence-electron chi connectivity index (χ2n) is 7.31. The van der Waals surface area contributed by atoms with Gasteiger partial charge in [-0.05, 0) is 43.1 Å². The normalized spacial score (nSPS) is 14.2. The zero-order chi connectivity index (χ0) is 21.3. The predicted octanol–water partition coefficient (Wildman–Crippen LogP) is 3.28. The number of hydrogen-bond donors (Lipinski definition) is 1. The number of ether oxygens (including phenoxy) is 2. The van der Waals surface area contributed by atoms with E-state index in [1.165, 1.54) is 63.2 Å². The maximum Gasteiger partial charge on any atom is 0.311 e. The molecule has 160 valence electrons. The fourth-order valence-corrected chi connectivity index (χ4v) is 3.44. The number of methoxy groups -OCH3 is 1. The minimum atomic E-state index is -0.535. The molecule has 1 N–H and O–H groups in total. The van der Waals surface area contributed by atoms with Crippen LogP contribution < -0.4 is 14.8 Å². The van der Waals surface area contributed by atoms with Gasteiger partial charge in [-0.3, -0.25) is 19.8 Å². The summed E-state index contributed by atoms with van der Waals surface area (Å²) in [7, 11) is 1.34. The summed E-state index contributed by atoms with van der Waals surface area (Å²) >= 11 is 0. The molecule has 1 heterocycles. The molecule has 1 aliphatic rings. The molecule has 1 fully saturated rings. The van der Waals surface area contributed by atoms with Gasteiger partial charge in [-0.15, -0.1) is 0 Å². The highest BCUT2D eigenvalue weighted by Gasteiger charge is 2.15. The molecule has 1 amide bonds. The number of nitro groups is 1. The number of likely N-dealkylation sites (tertiary alicyclic amines) is 1. The van der Waals surface area contributed by atoms with Crippen LogP contribution in [0.5, 0.6) is 11.5 Å². The smallest absolute Gasteiger partial charge is 0.311 e. The van der Waals surface area contributed by atoms with Crippen molar-refractivity contribution in [2.45, 2.75) is 32.4 Å². The first-order chi connectivity index (χ1) is 14.5. The van der Waals surface area contributed by atoms with E-state index in [9.17, 15) is 14.9 Å². The highest BCUT2D eigenvalue weighted by atomic mass is 16.6. The van der Waals surface area contributed by atoms with E-state index in [2.05, 4.69) is 22.3 Å². The Morgan fingerprint density at radius 3 is 2.47 bits per heavy atom. The van der Waals surface area contributed by atoms with E-state index < -0.39 is 4.92 Å². The number of carbonyl (C=O) groups is 1. The first-order valence-corrected chi connectivity index (χ1v) is 10.1. The number of piperidine rings is 1. The summed E-state index contributed by atoms with van der Waals surface area (Å²) in [6, 6.07) is 12.4. The molecule has 3 rings (SSSR count). The molecule has 0 atom stereocenters. The van der Waals surface area contributed by atoms with Crippen molar-refractivity contribution in [2.75, 3.05) is 26.8 Å². The number of benzene rings is 2. The lowest BCUT2D eigenvalue weighted by molar-refractivity contribution is -0.385. The first kappa shape index (κ1) is 21.6. The SMILES string of the molecule is COc1cc(OCC(=O)NCc2ccc(CN3CCCCC3)cc2)ccc1[N+](=O)[O-]. The maximum absolute atomic E-state index is 12.1. The van der Waals surface area contributed by atoms with Crippen LogP contribution in [0, 0.1) is 10.1 Å². The van der Waals surface area contributed by atoms with Gasteiger partial charge < -0.3 is 14.8 Å². The molecule has 0 unspecified atom stereocenters. The summed E-state index contributed by atoms with van der Waals surface area (Å²) in [6.45, 7) is 3.53. The Morgan fingerprint density at radius 1 is 1.10 bits per heavy atom. The summed E-state index contributed by atoms with van der Waals surface area (Å²) in [4.78, 5) is 24.9. The number of amides is 1. The molecule has 2 aromatic rings. The maximum atomic E-state index is 12.1. The van der Waals surface area contributed by atoms with E-state index in [1.807, 2.05) is 12.1 Å². The zero-order valence-electron chi connectivity index (χ0n) is 17.1. The summed E-state index contributed by atoms with van der Waals surface area (Å²) < 4.78 is 10.4. The van der Waals surface area contributed by atoms with Crippen molar-refractivity contribution in [3.8, 4) is 11.5 Å². The van der Waals surface area contributed by atoms with Crippen molar-refractivity contribution in [1.29, 1.82) is 0 Å². The Labute approximate surface area is 175 Å². The van der Waals surface area contributed by atoms with Gasteiger partial charge in [0, 0.05) is 25.2 Å². The van der Waals surface area contributed by atoms with Crippen LogP contribution in [-0.2, 0) is 17.9 Å². The predicted molar refractivity (Wildman–Crippen MR) is 113 cm³/mol. The highest BCUT2D eigenvalue weighted by Crippen LogP contribution is 2.30. The minimum Gasteiger partial charge on any atom is -0.490 e. The number of nitrogens with zero attached hydrogens (tertiary/aromatic N) is 2. The summed E-state index contributed by atoms with van der Waals surface area (Å²) in [5, 5.41) is 13.7. The number of nitro benzene ring substituents is 1. The van der Waals surface area contributed by atoms with Gasteiger partial charge in [-0.1, -0.05) is 30.7 Å². The number of hydrogen-bond acceptors (Lipinski definition) is 6. The monoisotopic (exact) mass is 413 g/mol. The molecule has 0 aliphatic carbocycles. The lowest BCUT2D eigenvalue weighted by atomic mass is 10.1. The number of carbonyl (C=O) groups excluding carboxylic acids is 1. The Balaban J connectivity index is 1.43. The van der Waals surface area contributed by atoms with Gasteiger partial charge in [0.05, 0.1) is 12.0 Å². The third-order valence-corrected chi connectivity index (χ3v) is 5.09. The van der Waals surface area contributed by atoms with E-state index in [4.69, 9.17) is 9.47 Å². The standard InChI is InChI=1S/C22H27N3O5/c1-29-21-13-19(9-10-20(21)25(27)28)30-16-22(26)23-14-17-5-7-18(8-6-17)15-24-11-3-2-4-12-24/h5-10,13H,2-4,11-12,14-16H2,1H3,(H,23,26). The molecule has 0 bridgehead atoms. The van der Waals surface area contributed by atoms with Crippen LogP contribution in [0.4, 0.5) is 5.69 Å². The van der Waals surface area contributed by atoms with Crippen LogP contribution in [0.15, 0.2) is 42.5 Å². The van der Waals surface area contributed by atoms with Gasteiger partial charge in [0.2, 0.25) is 5.75 Å². The van der Waals surface area contributed by atoms with E-state index >= 15 is 0 Å². The summed E-state index contributed by atoms with van der Waals surface area (Å²) in [5.41, 5.74) is 2.14. The van der Waals surface area contributed by atoms with Crippen LogP contribution in [0.2, 0.25) is 0 Å². The average Bonchev–Trinajstić information content (AvgIpc) is 2.77. The second kappa shape index (κ2) is 10.6. The van der Waals surface area contributed by atoms with Crippen LogP contribution in [0.1, 0.15) is 30.4 Å². The van der Waals surface area contributed by atoms with E-state index in [0.29, 0.717) is 12.3 Å². The van der Waals surface area contributed by atoms with Crippen molar-refractivity contribution in [3.63, 3.8) is 0 Å². The molecule has 2 aromatic carbocycles. The molecule has 8 heteroatoms. The van der Waals surface area contributed by atoms with Crippen molar-refractivity contribution in [3.05, 3.63) is 63.7 Å².